The zero-order chi connectivity index (χ0) is 24.9. The number of anilines is 2. The molecule has 0 unspecified atom stereocenters. The van der Waals surface area contributed by atoms with Gasteiger partial charge in [-0.3, -0.25) is 4.79 Å². The summed E-state index contributed by atoms with van der Waals surface area (Å²) in [5.41, 5.74) is 5.72. The molecule has 0 bridgehead atoms. The number of benzene rings is 3. The Morgan fingerprint density at radius 1 is 1.00 bits per heavy atom. The first kappa shape index (κ1) is 24.3. The third-order valence-corrected chi connectivity index (χ3v) is 6.19. The molecular weight excluding hydrogens is 438 g/mol. The molecule has 0 saturated heterocycles. The van der Waals surface area contributed by atoms with Crippen molar-refractivity contribution in [2.75, 3.05) is 23.3 Å². The van der Waals surface area contributed by atoms with Gasteiger partial charge in [-0.1, -0.05) is 13.0 Å². The molecule has 0 aliphatic rings. The Hall–Kier alpha value is -3.87. The van der Waals surface area contributed by atoms with Crippen LogP contribution in [0.25, 0.3) is 16.7 Å². The number of hydrogen-bond acceptors (Lipinski definition) is 5. The number of carbonyl (C=O) groups is 1. The standard InChI is InChI=1S/C28H33N5O2/c1-6-20(5)35-24-11-9-10-21(17-24)28(34)29-25-18-27-26(16-19(25)4)30-33(31-27)23-14-12-22(13-15-23)32(7-2)8-3/h9-18,20H,6-8H2,1-5H3,(H,29,34)/t20-/m0/s1. The summed E-state index contributed by atoms with van der Waals surface area (Å²) in [6, 6.07) is 19.3. The first-order valence-corrected chi connectivity index (χ1v) is 12.2. The van der Waals surface area contributed by atoms with E-state index >= 15 is 0 Å². The molecule has 1 heterocycles. The molecule has 7 heteroatoms. The fourth-order valence-corrected chi connectivity index (χ4v) is 3.92. The summed E-state index contributed by atoms with van der Waals surface area (Å²) in [7, 11) is 0. The maximum Gasteiger partial charge on any atom is 0.255 e. The molecule has 0 spiro atoms. The van der Waals surface area contributed by atoms with E-state index in [-0.39, 0.29) is 12.0 Å². The van der Waals surface area contributed by atoms with Crippen LogP contribution in [-0.4, -0.2) is 40.1 Å². The normalized spacial score (nSPS) is 11.9. The van der Waals surface area contributed by atoms with Crippen molar-refractivity contribution in [1.82, 2.24) is 15.0 Å². The number of aryl methyl sites for hydroxylation is 1. The van der Waals surface area contributed by atoms with Gasteiger partial charge in [0.2, 0.25) is 0 Å². The summed E-state index contributed by atoms with van der Waals surface area (Å²) in [5, 5.41) is 12.3. The van der Waals surface area contributed by atoms with Crippen molar-refractivity contribution >= 4 is 28.3 Å². The highest BCUT2D eigenvalue weighted by Gasteiger charge is 2.13. The highest BCUT2D eigenvalue weighted by molar-refractivity contribution is 6.05. The molecule has 3 aromatic carbocycles. The largest absolute Gasteiger partial charge is 0.491 e. The molecule has 4 aromatic rings. The average molecular weight is 472 g/mol. The predicted molar refractivity (Wildman–Crippen MR) is 142 cm³/mol. The molecule has 0 saturated carbocycles. The summed E-state index contributed by atoms with van der Waals surface area (Å²) < 4.78 is 5.86. The fourth-order valence-electron chi connectivity index (χ4n) is 3.92. The van der Waals surface area contributed by atoms with Crippen LogP contribution in [0.15, 0.2) is 60.7 Å². The van der Waals surface area contributed by atoms with Crippen LogP contribution in [0.5, 0.6) is 5.75 Å². The molecular formula is C28H33N5O2. The van der Waals surface area contributed by atoms with Gasteiger partial charge in [0.25, 0.3) is 5.91 Å². The highest BCUT2D eigenvalue weighted by atomic mass is 16.5. The van der Waals surface area contributed by atoms with E-state index in [2.05, 4.69) is 53.3 Å². The molecule has 1 N–H and O–H groups in total. The lowest BCUT2D eigenvalue weighted by molar-refractivity contribution is 0.102. The number of nitrogens with zero attached hydrogens (tertiary/aromatic N) is 4. The Morgan fingerprint density at radius 2 is 1.69 bits per heavy atom. The van der Waals surface area contributed by atoms with Crippen LogP contribution in [0.3, 0.4) is 0 Å². The smallest absolute Gasteiger partial charge is 0.255 e. The van der Waals surface area contributed by atoms with E-state index in [0.29, 0.717) is 22.5 Å². The van der Waals surface area contributed by atoms with Crippen molar-refractivity contribution in [1.29, 1.82) is 0 Å². The van der Waals surface area contributed by atoms with E-state index in [1.54, 1.807) is 16.9 Å². The lowest BCUT2D eigenvalue weighted by atomic mass is 10.1. The first-order chi connectivity index (χ1) is 16.9. The van der Waals surface area contributed by atoms with Crippen LogP contribution in [0.4, 0.5) is 11.4 Å². The Morgan fingerprint density at radius 3 is 2.34 bits per heavy atom. The van der Waals surface area contributed by atoms with Crippen molar-refractivity contribution in [2.45, 2.75) is 47.1 Å². The third-order valence-electron chi connectivity index (χ3n) is 6.19. The minimum atomic E-state index is -0.193. The van der Waals surface area contributed by atoms with Crippen molar-refractivity contribution in [2.24, 2.45) is 0 Å². The van der Waals surface area contributed by atoms with E-state index in [1.165, 1.54) is 5.69 Å². The van der Waals surface area contributed by atoms with Crippen molar-refractivity contribution in [3.05, 3.63) is 71.8 Å². The Kier molecular flexibility index (Phi) is 7.34. The van der Waals surface area contributed by atoms with E-state index in [4.69, 9.17) is 4.74 Å². The predicted octanol–water partition coefficient (Wildman–Crippen LogP) is 6.00. The van der Waals surface area contributed by atoms with Gasteiger partial charge in [-0.2, -0.15) is 4.80 Å². The lowest BCUT2D eigenvalue weighted by Gasteiger charge is -2.20. The number of nitrogens with one attached hydrogen (secondary N) is 1. The van der Waals surface area contributed by atoms with Crippen molar-refractivity contribution in [3.8, 4) is 11.4 Å². The molecule has 1 aromatic heterocycles. The Balaban J connectivity index is 1.55. The molecule has 0 aliphatic heterocycles. The monoisotopic (exact) mass is 471 g/mol. The number of hydrogen-bond donors (Lipinski definition) is 1. The second kappa shape index (κ2) is 10.6. The quantitative estimate of drug-likeness (QED) is 0.324. The number of carbonyl (C=O) groups excluding carboxylic acids is 1. The zero-order valence-corrected chi connectivity index (χ0v) is 21.1. The van der Waals surface area contributed by atoms with Crippen LogP contribution in [0.2, 0.25) is 0 Å². The fraction of sp³-hybridized carbons (Fsp3) is 0.321. The first-order valence-electron chi connectivity index (χ1n) is 12.2. The lowest BCUT2D eigenvalue weighted by Crippen LogP contribution is -2.21. The summed E-state index contributed by atoms with van der Waals surface area (Å²) in [6.07, 6.45) is 0.991. The SMILES string of the molecule is CC[C@H](C)Oc1cccc(C(=O)Nc2cc3nn(-c4ccc(N(CC)CC)cc4)nc3cc2C)c1. The van der Waals surface area contributed by atoms with Crippen molar-refractivity contribution < 1.29 is 9.53 Å². The number of amides is 1. The van der Waals surface area contributed by atoms with Gasteiger partial charge in [0.1, 0.15) is 16.8 Å². The topological polar surface area (TPSA) is 72.3 Å². The minimum absolute atomic E-state index is 0.0917. The third kappa shape index (κ3) is 5.45. The number of aromatic nitrogens is 3. The van der Waals surface area contributed by atoms with Crippen LogP contribution in [0.1, 0.15) is 50.0 Å². The van der Waals surface area contributed by atoms with Gasteiger partial charge in [0.05, 0.1) is 11.8 Å². The average Bonchev–Trinajstić information content (AvgIpc) is 3.28. The maximum absolute atomic E-state index is 13.0. The molecule has 35 heavy (non-hydrogen) atoms. The summed E-state index contributed by atoms with van der Waals surface area (Å²) in [6.45, 7) is 12.3. The molecule has 1 atom stereocenters. The van der Waals surface area contributed by atoms with Gasteiger partial charge in [0.15, 0.2) is 0 Å². The zero-order valence-electron chi connectivity index (χ0n) is 21.1. The summed E-state index contributed by atoms with van der Waals surface area (Å²) in [4.78, 5) is 16.9. The van der Waals surface area contributed by atoms with Gasteiger partial charge in [-0.25, -0.2) is 0 Å². The van der Waals surface area contributed by atoms with E-state index in [0.717, 1.165) is 36.3 Å². The van der Waals surface area contributed by atoms with E-state index < -0.39 is 0 Å². The van der Waals surface area contributed by atoms with Gasteiger partial charge < -0.3 is 15.0 Å². The van der Waals surface area contributed by atoms with Crippen LogP contribution < -0.4 is 15.0 Å². The summed E-state index contributed by atoms with van der Waals surface area (Å²) >= 11 is 0. The minimum Gasteiger partial charge on any atom is -0.491 e. The van der Waals surface area contributed by atoms with E-state index in [1.807, 2.05) is 50.2 Å². The molecule has 1 amide bonds. The maximum atomic E-state index is 13.0. The number of fused-ring (bicyclic) bond motifs is 1. The molecule has 0 aliphatic carbocycles. The van der Waals surface area contributed by atoms with Gasteiger partial charge in [-0.05, 0) is 94.3 Å². The molecule has 7 nitrogen and oxygen atoms in total. The number of rotatable bonds is 9. The summed E-state index contributed by atoms with van der Waals surface area (Å²) in [5.74, 6) is 0.496. The Bertz CT molecular complexity index is 1310. The Labute approximate surface area is 206 Å². The highest BCUT2D eigenvalue weighted by Crippen LogP contribution is 2.24. The van der Waals surface area contributed by atoms with Crippen LogP contribution in [0, 0.1) is 6.92 Å². The second-order valence-corrected chi connectivity index (χ2v) is 8.65. The molecule has 182 valence electrons. The van der Waals surface area contributed by atoms with Crippen LogP contribution in [-0.2, 0) is 0 Å². The second-order valence-electron chi connectivity index (χ2n) is 8.65. The van der Waals surface area contributed by atoms with Crippen LogP contribution >= 0.6 is 0 Å². The van der Waals surface area contributed by atoms with Gasteiger partial charge in [-0.15, -0.1) is 10.2 Å². The number of ether oxygens (including phenoxy) is 1. The molecule has 0 fully saturated rings. The van der Waals surface area contributed by atoms with Crippen molar-refractivity contribution in [3.63, 3.8) is 0 Å². The van der Waals surface area contributed by atoms with Gasteiger partial charge >= 0.3 is 0 Å². The molecule has 4 rings (SSSR count). The van der Waals surface area contributed by atoms with E-state index in [9.17, 15) is 4.79 Å². The molecule has 0 radical (unpaired) electrons. The van der Waals surface area contributed by atoms with Gasteiger partial charge in [0, 0.05) is 30.0 Å².